The summed E-state index contributed by atoms with van der Waals surface area (Å²) in [7, 11) is 0. The van der Waals surface area contributed by atoms with Gasteiger partial charge in [-0.3, -0.25) is 0 Å². The van der Waals surface area contributed by atoms with Gasteiger partial charge in [-0.2, -0.15) is 0 Å². The first-order valence-corrected chi connectivity index (χ1v) is 4.42. The molecule has 0 atom stereocenters. The second kappa shape index (κ2) is 5.81. The van der Waals surface area contributed by atoms with E-state index in [2.05, 4.69) is 13.8 Å². The monoisotopic (exact) mass is 170 g/mol. The number of carbonyl (C=O) groups is 1. The van der Waals surface area contributed by atoms with Crippen LogP contribution in [0.1, 0.15) is 40.0 Å². The lowest BCUT2D eigenvalue weighted by atomic mass is 10.0. The minimum atomic E-state index is -0.836. The van der Waals surface area contributed by atoms with Crippen LogP contribution >= 0.6 is 0 Å². The molecular weight excluding hydrogens is 152 g/mol. The van der Waals surface area contributed by atoms with E-state index >= 15 is 0 Å². The molecule has 0 fully saturated rings. The molecule has 0 bridgehead atoms. The van der Waals surface area contributed by atoms with Gasteiger partial charge in [0, 0.05) is 6.08 Å². The predicted molar refractivity (Wildman–Crippen MR) is 50.1 cm³/mol. The molecule has 0 saturated heterocycles. The summed E-state index contributed by atoms with van der Waals surface area (Å²) in [6, 6.07) is 0. The summed E-state index contributed by atoms with van der Waals surface area (Å²) in [5.41, 5.74) is 0.961. The molecule has 12 heavy (non-hydrogen) atoms. The van der Waals surface area contributed by atoms with Crippen molar-refractivity contribution in [3.8, 4) is 0 Å². The molecule has 0 aromatic carbocycles. The average Bonchev–Trinajstić information content (AvgIpc) is 1.84. The highest BCUT2D eigenvalue weighted by Crippen LogP contribution is 2.11. The smallest absolute Gasteiger partial charge is 0.328 e. The SMILES string of the molecule is CC(=CC(=O)O)CCCC(C)C. The van der Waals surface area contributed by atoms with Crippen molar-refractivity contribution in [1.82, 2.24) is 0 Å². The van der Waals surface area contributed by atoms with Gasteiger partial charge in [0.1, 0.15) is 0 Å². The van der Waals surface area contributed by atoms with Crippen LogP contribution in [0.15, 0.2) is 11.6 Å². The first kappa shape index (κ1) is 11.2. The fourth-order valence-corrected chi connectivity index (χ4v) is 1.07. The summed E-state index contributed by atoms with van der Waals surface area (Å²) < 4.78 is 0. The predicted octanol–water partition coefficient (Wildman–Crippen LogP) is 2.84. The molecule has 0 rings (SSSR count). The zero-order valence-electron chi connectivity index (χ0n) is 8.13. The molecule has 70 valence electrons. The molecule has 0 aliphatic carbocycles. The second-order valence-corrected chi connectivity index (χ2v) is 3.62. The summed E-state index contributed by atoms with van der Waals surface area (Å²) in [6.45, 7) is 6.22. The third-order valence-corrected chi connectivity index (χ3v) is 1.72. The number of carboxylic acids is 1. The molecular formula is C10H18O2. The zero-order valence-corrected chi connectivity index (χ0v) is 8.13. The lowest BCUT2D eigenvalue weighted by Gasteiger charge is -2.03. The van der Waals surface area contributed by atoms with E-state index in [-0.39, 0.29) is 0 Å². The standard InChI is InChI=1S/C10H18O2/c1-8(2)5-4-6-9(3)7-10(11)12/h7-8H,4-6H2,1-3H3,(H,11,12). The van der Waals surface area contributed by atoms with Gasteiger partial charge in [0.15, 0.2) is 0 Å². The van der Waals surface area contributed by atoms with Crippen LogP contribution in [0.5, 0.6) is 0 Å². The topological polar surface area (TPSA) is 37.3 Å². The molecule has 0 heterocycles. The van der Waals surface area contributed by atoms with Crippen molar-refractivity contribution in [2.75, 3.05) is 0 Å². The van der Waals surface area contributed by atoms with Crippen LogP contribution in [0.4, 0.5) is 0 Å². The van der Waals surface area contributed by atoms with Gasteiger partial charge < -0.3 is 5.11 Å². The van der Waals surface area contributed by atoms with Gasteiger partial charge in [0.05, 0.1) is 0 Å². The molecule has 0 aliphatic heterocycles. The van der Waals surface area contributed by atoms with E-state index in [1.807, 2.05) is 6.92 Å². The Kier molecular flexibility index (Phi) is 5.43. The molecule has 0 aliphatic rings. The van der Waals surface area contributed by atoms with Crippen LogP contribution in [0.25, 0.3) is 0 Å². The minimum absolute atomic E-state index is 0.711. The van der Waals surface area contributed by atoms with Gasteiger partial charge in [-0.05, 0) is 25.7 Å². The lowest BCUT2D eigenvalue weighted by molar-refractivity contribution is -0.131. The van der Waals surface area contributed by atoms with E-state index in [0.717, 1.165) is 18.4 Å². The van der Waals surface area contributed by atoms with Crippen LogP contribution in [0.3, 0.4) is 0 Å². The van der Waals surface area contributed by atoms with Gasteiger partial charge >= 0.3 is 5.97 Å². The lowest BCUT2D eigenvalue weighted by Crippen LogP contribution is -1.92. The molecule has 2 heteroatoms. The number of carboxylic acid groups (broad SMARTS) is 1. The molecule has 0 amide bonds. The van der Waals surface area contributed by atoms with Crippen LogP contribution in [0.2, 0.25) is 0 Å². The summed E-state index contributed by atoms with van der Waals surface area (Å²) in [5.74, 6) is -0.125. The maximum absolute atomic E-state index is 10.2. The van der Waals surface area contributed by atoms with Crippen molar-refractivity contribution in [1.29, 1.82) is 0 Å². The van der Waals surface area contributed by atoms with E-state index in [1.165, 1.54) is 12.5 Å². The molecule has 1 N–H and O–H groups in total. The van der Waals surface area contributed by atoms with E-state index in [0.29, 0.717) is 5.92 Å². The Hall–Kier alpha value is -0.790. The Bertz CT molecular complexity index is 169. The van der Waals surface area contributed by atoms with Crippen LogP contribution in [-0.2, 0) is 4.79 Å². The zero-order chi connectivity index (χ0) is 9.56. The van der Waals surface area contributed by atoms with Crippen molar-refractivity contribution in [2.45, 2.75) is 40.0 Å². The van der Waals surface area contributed by atoms with E-state index in [1.54, 1.807) is 0 Å². The minimum Gasteiger partial charge on any atom is -0.478 e. The molecule has 0 saturated carbocycles. The highest BCUT2D eigenvalue weighted by molar-refractivity contribution is 5.80. The molecule has 0 aromatic rings. The summed E-state index contributed by atoms with van der Waals surface area (Å²) in [6.07, 6.45) is 4.46. The van der Waals surface area contributed by atoms with Crippen LogP contribution in [-0.4, -0.2) is 11.1 Å². The van der Waals surface area contributed by atoms with E-state index in [9.17, 15) is 4.79 Å². The highest BCUT2D eigenvalue weighted by Gasteiger charge is 1.96. The van der Waals surface area contributed by atoms with Gasteiger partial charge in [0.2, 0.25) is 0 Å². The van der Waals surface area contributed by atoms with Crippen LogP contribution in [0, 0.1) is 5.92 Å². The van der Waals surface area contributed by atoms with Crippen molar-refractivity contribution in [3.63, 3.8) is 0 Å². The van der Waals surface area contributed by atoms with Crippen molar-refractivity contribution < 1.29 is 9.90 Å². The van der Waals surface area contributed by atoms with Crippen molar-refractivity contribution in [2.24, 2.45) is 5.92 Å². The Morgan fingerprint density at radius 2 is 2.08 bits per heavy atom. The Balaban J connectivity index is 3.57. The first-order valence-electron chi connectivity index (χ1n) is 4.42. The number of hydrogen-bond donors (Lipinski definition) is 1. The summed E-state index contributed by atoms with van der Waals surface area (Å²) in [4.78, 5) is 10.2. The molecule has 2 nitrogen and oxygen atoms in total. The number of hydrogen-bond acceptors (Lipinski definition) is 1. The molecule has 0 radical (unpaired) electrons. The largest absolute Gasteiger partial charge is 0.478 e. The Morgan fingerprint density at radius 1 is 1.50 bits per heavy atom. The van der Waals surface area contributed by atoms with Gasteiger partial charge in [-0.15, -0.1) is 0 Å². The molecule has 0 unspecified atom stereocenters. The average molecular weight is 170 g/mol. The maximum atomic E-state index is 10.2. The number of allylic oxidation sites excluding steroid dienone is 1. The van der Waals surface area contributed by atoms with Gasteiger partial charge in [-0.25, -0.2) is 4.79 Å². The van der Waals surface area contributed by atoms with E-state index in [4.69, 9.17) is 5.11 Å². The third-order valence-electron chi connectivity index (χ3n) is 1.72. The third kappa shape index (κ3) is 7.32. The fourth-order valence-electron chi connectivity index (χ4n) is 1.07. The molecule has 0 aromatic heterocycles. The fraction of sp³-hybridized carbons (Fsp3) is 0.700. The first-order chi connectivity index (χ1) is 5.52. The van der Waals surface area contributed by atoms with Crippen LogP contribution < -0.4 is 0 Å². The van der Waals surface area contributed by atoms with Gasteiger partial charge in [0.25, 0.3) is 0 Å². The summed E-state index contributed by atoms with van der Waals surface area (Å²) in [5, 5.41) is 8.42. The number of aliphatic carboxylic acids is 1. The van der Waals surface area contributed by atoms with Gasteiger partial charge in [-0.1, -0.05) is 25.8 Å². The Labute approximate surface area is 74.3 Å². The maximum Gasteiger partial charge on any atom is 0.328 e. The normalized spacial score (nSPS) is 12.2. The Morgan fingerprint density at radius 3 is 2.50 bits per heavy atom. The van der Waals surface area contributed by atoms with E-state index < -0.39 is 5.97 Å². The number of rotatable bonds is 5. The van der Waals surface area contributed by atoms with Crippen molar-refractivity contribution >= 4 is 5.97 Å². The summed E-state index contributed by atoms with van der Waals surface area (Å²) >= 11 is 0. The quantitative estimate of drug-likeness (QED) is 0.644. The molecule has 0 spiro atoms. The second-order valence-electron chi connectivity index (χ2n) is 3.62. The highest BCUT2D eigenvalue weighted by atomic mass is 16.4. The van der Waals surface area contributed by atoms with Crippen molar-refractivity contribution in [3.05, 3.63) is 11.6 Å².